The highest BCUT2D eigenvalue weighted by atomic mass is 16.5. The first-order chi connectivity index (χ1) is 6.35. The van der Waals surface area contributed by atoms with Crippen molar-refractivity contribution in [2.45, 2.75) is 38.5 Å². The highest BCUT2D eigenvalue weighted by Crippen LogP contribution is 2.45. The van der Waals surface area contributed by atoms with Gasteiger partial charge in [-0.3, -0.25) is 0 Å². The molecule has 1 aliphatic heterocycles. The Morgan fingerprint density at radius 3 is 2.77 bits per heavy atom. The summed E-state index contributed by atoms with van der Waals surface area (Å²) < 4.78 is 5.32. The Bertz CT molecular complexity index is 209. The van der Waals surface area contributed by atoms with Crippen molar-refractivity contribution >= 4 is 0 Å². The molecule has 13 heavy (non-hydrogen) atoms. The van der Waals surface area contributed by atoms with E-state index in [0.29, 0.717) is 0 Å². The maximum atomic E-state index is 9.03. The molecule has 0 spiro atoms. The second-order valence-corrected chi connectivity index (χ2v) is 4.51. The molecule has 0 aromatic heterocycles. The van der Waals surface area contributed by atoms with Crippen molar-refractivity contribution < 1.29 is 4.74 Å². The smallest absolute Gasteiger partial charge is 0.0689 e. The Labute approximate surface area is 79.9 Å². The van der Waals surface area contributed by atoms with Crippen LogP contribution < -0.4 is 0 Å². The van der Waals surface area contributed by atoms with Crippen molar-refractivity contribution in [3.05, 3.63) is 0 Å². The molecule has 2 aliphatic rings. The monoisotopic (exact) mass is 179 g/mol. The molecule has 1 heterocycles. The molecule has 1 aliphatic carbocycles. The summed E-state index contributed by atoms with van der Waals surface area (Å²) in [5, 5.41) is 9.03. The van der Waals surface area contributed by atoms with Crippen molar-refractivity contribution in [1.29, 1.82) is 5.26 Å². The van der Waals surface area contributed by atoms with Crippen molar-refractivity contribution in [3.63, 3.8) is 0 Å². The van der Waals surface area contributed by atoms with Gasteiger partial charge < -0.3 is 4.74 Å². The average molecular weight is 179 g/mol. The molecule has 2 nitrogen and oxygen atoms in total. The zero-order valence-corrected chi connectivity index (χ0v) is 8.09. The van der Waals surface area contributed by atoms with Crippen LogP contribution >= 0.6 is 0 Å². The van der Waals surface area contributed by atoms with Crippen LogP contribution in [-0.2, 0) is 4.74 Å². The van der Waals surface area contributed by atoms with Gasteiger partial charge in [0.15, 0.2) is 0 Å². The van der Waals surface area contributed by atoms with E-state index in [1.165, 1.54) is 19.3 Å². The molecule has 2 rings (SSSR count). The Balaban J connectivity index is 1.75. The van der Waals surface area contributed by atoms with E-state index < -0.39 is 0 Å². The zero-order chi connectivity index (χ0) is 9.15. The van der Waals surface area contributed by atoms with Crippen LogP contribution in [0.3, 0.4) is 0 Å². The predicted molar refractivity (Wildman–Crippen MR) is 50.1 cm³/mol. The molecule has 0 aromatic carbocycles. The highest BCUT2D eigenvalue weighted by Gasteiger charge is 2.37. The van der Waals surface area contributed by atoms with Crippen LogP contribution in [0.2, 0.25) is 0 Å². The van der Waals surface area contributed by atoms with E-state index in [9.17, 15) is 0 Å². The summed E-state index contributed by atoms with van der Waals surface area (Å²) in [6, 6.07) is 2.50. The summed E-state index contributed by atoms with van der Waals surface area (Å²) in [6.07, 6.45) is 7.05. The number of hydrogen-bond acceptors (Lipinski definition) is 2. The Morgan fingerprint density at radius 2 is 2.31 bits per heavy atom. The molecule has 0 N–H and O–H groups in total. The molecular formula is C11H17NO. The van der Waals surface area contributed by atoms with Gasteiger partial charge in [0.2, 0.25) is 0 Å². The van der Waals surface area contributed by atoms with Crippen LogP contribution in [0.4, 0.5) is 0 Å². The molecule has 0 bridgehead atoms. The molecule has 2 fully saturated rings. The van der Waals surface area contributed by atoms with E-state index >= 15 is 0 Å². The maximum absolute atomic E-state index is 9.03. The van der Waals surface area contributed by atoms with Gasteiger partial charge in [-0.1, -0.05) is 6.42 Å². The Hall–Kier alpha value is -0.550. The van der Waals surface area contributed by atoms with Gasteiger partial charge in [-0.15, -0.1) is 0 Å². The van der Waals surface area contributed by atoms with E-state index in [2.05, 4.69) is 6.07 Å². The number of ether oxygens (including phenoxy) is 1. The van der Waals surface area contributed by atoms with Crippen molar-refractivity contribution in [2.75, 3.05) is 13.2 Å². The summed E-state index contributed by atoms with van der Waals surface area (Å²) in [6.45, 7) is 1.87. The van der Waals surface area contributed by atoms with E-state index in [1.807, 2.05) is 0 Å². The highest BCUT2D eigenvalue weighted by molar-refractivity contribution is 5.04. The lowest BCUT2D eigenvalue weighted by atomic mass is 9.66. The Kier molecular flexibility index (Phi) is 2.55. The first-order valence-electron chi connectivity index (χ1n) is 5.34. The lowest BCUT2D eigenvalue weighted by molar-refractivity contribution is 0.161. The fourth-order valence-corrected chi connectivity index (χ4v) is 2.31. The van der Waals surface area contributed by atoms with Crippen LogP contribution in [0.5, 0.6) is 0 Å². The van der Waals surface area contributed by atoms with Crippen LogP contribution in [0.25, 0.3) is 0 Å². The minimum absolute atomic E-state index is 0.0720. The SMILES string of the molecule is N#CC1(CCC2CCOC2)CCC1. The molecule has 72 valence electrons. The molecule has 2 heteroatoms. The lowest BCUT2D eigenvalue weighted by Crippen LogP contribution is -2.28. The topological polar surface area (TPSA) is 33.0 Å². The van der Waals surface area contributed by atoms with Gasteiger partial charge in [-0.25, -0.2) is 0 Å². The minimum atomic E-state index is 0.0720. The summed E-state index contributed by atoms with van der Waals surface area (Å²) in [5.41, 5.74) is 0.0720. The molecule has 0 aromatic rings. The first-order valence-corrected chi connectivity index (χ1v) is 5.34. The molecule has 1 saturated heterocycles. The average Bonchev–Trinajstić information content (AvgIpc) is 2.56. The van der Waals surface area contributed by atoms with Gasteiger partial charge in [-0.05, 0) is 38.0 Å². The van der Waals surface area contributed by atoms with Gasteiger partial charge in [0.1, 0.15) is 0 Å². The van der Waals surface area contributed by atoms with Gasteiger partial charge in [-0.2, -0.15) is 5.26 Å². The van der Waals surface area contributed by atoms with Crippen molar-refractivity contribution in [3.8, 4) is 6.07 Å². The number of rotatable bonds is 3. The van der Waals surface area contributed by atoms with Crippen LogP contribution in [0, 0.1) is 22.7 Å². The summed E-state index contributed by atoms with van der Waals surface area (Å²) >= 11 is 0. The van der Waals surface area contributed by atoms with E-state index in [4.69, 9.17) is 10.00 Å². The third-order valence-corrected chi connectivity index (χ3v) is 3.60. The van der Waals surface area contributed by atoms with Gasteiger partial charge in [0.05, 0.1) is 11.5 Å². The quantitative estimate of drug-likeness (QED) is 0.667. The van der Waals surface area contributed by atoms with E-state index in [1.54, 1.807) is 0 Å². The zero-order valence-electron chi connectivity index (χ0n) is 8.09. The number of nitrogens with zero attached hydrogens (tertiary/aromatic N) is 1. The second kappa shape index (κ2) is 3.67. The molecule has 1 unspecified atom stereocenters. The van der Waals surface area contributed by atoms with Crippen molar-refractivity contribution in [1.82, 2.24) is 0 Å². The van der Waals surface area contributed by atoms with Crippen LogP contribution in [0.1, 0.15) is 38.5 Å². The van der Waals surface area contributed by atoms with E-state index in [0.717, 1.165) is 38.4 Å². The Morgan fingerprint density at radius 1 is 1.46 bits per heavy atom. The molecule has 0 amide bonds. The van der Waals surface area contributed by atoms with Crippen molar-refractivity contribution in [2.24, 2.45) is 11.3 Å². The summed E-state index contributed by atoms with van der Waals surface area (Å²) in [7, 11) is 0. The lowest BCUT2D eigenvalue weighted by Gasteiger charge is -2.35. The maximum Gasteiger partial charge on any atom is 0.0689 e. The fraction of sp³-hybridized carbons (Fsp3) is 0.909. The van der Waals surface area contributed by atoms with Gasteiger partial charge in [0, 0.05) is 13.2 Å². The van der Waals surface area contributed by atoms with Gasteiger partial charge >= 0.3 is 0 Å². The fourth-order valence-electron chi connectivity index (χ4n) is 2.31. The third-order valence-electron chi connectivity index (χ3n) is 3.60. The number of nitriles is 1. The summed E-state index contributed by atoms with van der Waals surface area (Å²) in [5.74, 6) is 0.742. The normalized spacial score (nSPS) is 30.8. The largest absolute Gasteiger partial charge is 0.381 e. The van der Waals surface area contributed by atoms with Crippen LogP contribution in [-0.4, -0.2) is 13.2 Å². The minimum Gasteiger partial charge on any atom is -0.381 e. The second-order valence-electron chi connectivity index (χ2n) is 4.51. The molecular weight excluding hydrogens is 162 g/mol. The molecule has 1 atom stereocenters. The third kappa shape index (κ3) is 1.86. The summed E-state index contributed by atoms with van der Waals surface area (Å²) in [4.78, 5) is 0. The molecule has 0 radical (unpaired) electrons. The molecule has 1 saturated carbocycles. The number of hydrogen-bond donors (Lipinski definition) is 0. The van der Waals surface area contributed by atoms with Crippen LogP contribution in [0.15, 0.2) is 0 Å². The van der Waals surface area contributed by atoms with E-state index in [-0.39, 0.29) is 5.41 Å². The predicted octanol–water partition coefficient (Wildman–Crippen LogP) is 2.50. The standard InChI is InChI=1S/C11H17NO/c12-9-11(4-1-5-11)6-2-10-3-7-13-8-10/h10H,1-8H2. The van der Waals surface area contributed by atoms with Gasteiger partial charge in [0.25, 0.3) is 0 Å². The first kappa shape index (κ1) is 9.02.